The maximum Gasteiger partial charge on any atom is 0.245 e. The van der Waals surface area contributed by atoms with Gasteiger partial charge in [-0.2, -0.15) is 0 Å². The molecule has 9 heterocycles. The summed E-state index contributed by atoms with van der Waals surface area (Å²) < 4.78 is 8.99. The number of nitrogens with zero attached hydrogens (tertiary/aromatic N) is 4. The third-order valence-corrected chi connectivity index (χ3v) is 9.83. The van der Waals surface area contributed by atoms with Crippen LogP contribution in [0.15, 0.2) is 158 Å². The first-order valence-corrected chi connectivity index (χ1v) is 17.0. The van der Waals surface area contributed by atoms with E-state index in [9.17, 15) is 9.59 Å². The molecule has 15 rings (SSSR count). The fraction of sp³-hybridized carbons (Fsp3) is 0.0909. The van der Waals surface area contributed by atoms with Crippen molar-refractivity contribution < 1.29 is 52.7 Å². The number of hydrogen-bond donors (Lipinski definition) is 0. The van der Waals surface area contributed by atoms with Crippen LogP contribution in [0.2, 0.25) is 0 Å². The van der Waals surface area contributed by atoms with Crippen LogP contribution in [-0.4, -0.2) is 20.7 Å². The third-order valence-electron chi connectivity index (χ3n) is 9.83. The fourth-order valence-corrected chi connectivity index (χ4v) is 7.16. The van der Waals surface area contributed by atoms with Crippen LogP contribution in [0.3, 0.4) is 0 Å². The minimum absolute atomic E-state index is 0. The van der Waals surface area contributed by atoms with Gasteiger partial charge in [-0.25, -0.2) is 18.3 Å². The van der Waals surface area contributed by atoms with Crippen molar-refractivity contribution in [1.82, 2.24) is 9.13 Å². The molecule has 2 aromatic heterocycles. The Morgan fingerprint density at radius 3 is 1.04 bits per heavy atom. The molecule has 0 N–H and O–H groups in total. The summed E-state index contributed by atoms with van der Waals surface area (Å²) in [6, 6.07) is 48.6. The summed E-state index contributed by atoms with van der Waals surface area (Å²) in [6.45, 7) is 2.71. The van der Waals surface area contributed by atoms with Crippen LogP contribution >= 0.6 is 0 Å². The standard InChI is InChI=1S/C44H34N4O2.2BrH/c49-43-35-17-9-31(10-18-35)25-45-29-46(40-6-2-1-5-39(40)45)26-32-11-19-36(20-12-32)44(50)38-23-15-34(16-24-38)28-48-30-47(41-7-3-4-8-42(41)48)27-33-13-21-37(43)22-14-33;;/h1-24,29-30H,25-28H2;2*1H/q+2;;/p-2. The van der Waals surface area contributed by atoms with Crippen LogP contribution in [-0.2, 0) is 26.2 Å². The van der Waals surface area contributed by atoms with Crippen molar-refractivity contribution in [3.05, 3.63) is 203 Å². The second kappa shape index (κ2) is 14.7. The molecule has 0 aliphatic carbocycles. The molecule has 6 nitrogen and oxygen atoms in total. The van der Waals surface area contributed by atoms with E-state index in [1.165, 1.54) is 0 Å². The van der Waals surface area contributed by atoms with E-state index in [-0.39, 0.29) is 45.5 Å². The Kier molecular flexibility index (Phi) is 9.86. The van der Waals surface area contributed by atoms with Crippen molar-refractivity contribution in [2.45, 2.75) is 26.2 Å². The van der Waals surface area contributed by atoms with Gasteiger partial charge in [0, 0.05) is 22.3 Å². The molecule has 0 fully saturated rings. The highest BCUT2D eigenvalue weighted by molar-refractivity contribution is 6.09. The molecule has 8 heteroatoms. The van der Waals surface area contributed by atoms with Crippen molar-refractivity contribution >= 4 is 33.6 Å². The summed E-state index contributed by atoms with van der Waals surface area (Å²) in [5.74, 6) is 0.0343. The monoisotopic (exact) mass is 808 g/mol. The molecule has 0 saturated carbocycles. The predicted octanol–water partition coefficient (Wildman–Crippen LogP) is 1.15. The number of carbonyl (C=O) groups excluding carboxylic acids is 2. The van der Waals surface area contributed by atoms with Gasteiger partial charge in [0.15, 0.2) is 33.6 Å². The molecule has 256 valence electrons. The topological polar surface area (TPSA) is 51.8 Å². The molecule has 0 saturated heterocycles. The number of ketones is 2. The fourth-order valence-electron chi connectivity index (χ4n) is 7.16. The molecule has 7 aliphatic rings. The molecular weight excluding hydrogens is 776 g/mol. The average molecular weight is 811 g/mol. The second-order valence-corrected chi connectivity index (χ2v) is 13.2. The van der Waals surface area contributed by atoms with Crippen LogP contribution < -0.4 is 43.1 Å². The van der Waals surface area contributed by atoms with Gasteiger partial charge in [-0.3, -0.25) is 9.59 Å². The van der Waals surface area contributed by atoms with Crippen molar-refractivity contribution in [1.29, 1.82) is 0 Å². The van der Waals surface area contributed by atoms with Gasteiger partial charge in [0.05, 0.1) is 0 Å². The van der Waals surface area contributed by atoms with E-state index >= 15 is 0 Å². The summed E-state index contributed by atoms with van der Waals surface area (Å²) in [5, 5.41) is 0. The van der Waals surface area contributed by atoms with E-state index < -0.39 is 0 Å². The van der Waals surface area contributed by atoms with Crippen LogP contribution in [0.4, 0.5) is 0 Å². The van der Waals surface area contributed by atoms with Crippen LogP contribution in [0.1, 0.15) is 54.1 Å². The average Bonchev–Trinajstić information content (AvgIpc) is 3.68. The highest BCUT2D eigenvalue weighted by atomic mass is 79.9. The number of imidazole rings is 2. The van der Waals surface area contributed by atoms with E-state index in [4.69, 9.17) is 0 Å². The number of para-hydroxylation sites is 4. The quantitative estimate of drug-likeness (QED) is 0.216. The maximum absolute atomic E-state index is 13.5. The Labute approximate surface area is 322 Å². The Morgan fingerprint density at radius 2 is 0.692 bits per heavy atom. The molecule has 8 aromatic rings. The number of halogens is 2. The Balaban J connectivity index is 0.00000210. The molecule has 0 amide bonds. The number of aromatic nitrogens is 4. The first-order valence-electron chi connectivity index (χ1n) is 17.0. The van der Waals surface area contributed by atoms with E-state index in [1.807, 2.05) is 97.1 Å². The summed E-state index contributed by atoms with van der Waals surface area (Å²) in [6.07, 6.45) is 4.30. The molecule has 0 atom stereocenters. The largest absolute Gasteiger partial charge is 1.00 e. The van der Waals surface area contributed by atoms with Gasteiger partial charge >= 0.3 is 0 Å². The number of hydrogen-bond acceptors (Lipinski definition) is 2. The van der Waals surface area contributed by atoms with Gasteiger partial charge < -0.3 is 34.0 Å². The molecule has 52 heavy (non-hydrogen) atoms. The lowest BCUT2D eigenvalue weighted by Crippen LogP contribution is -3.00. The summed E-state index contributed by atoms with van der Waals surface area (Å²) in [7, 11) is 0. The molecule has 0 spiro atoms. The normalized spacial score (nSPS) is 12.8. The minimum Gasteiger partial charge on any atom is -1.00 e. The first kappa shape index (κ1) is 35.0. The SMILES string of the molecule is O=C1c2ccc(cc2)Cn2c[n+](c3ccccc32)Cc2ccc(cc2)C(=O)c2ccc(cc2)C[n+]2cn(c3ccccc32)Cc2ccc1cc2.[Br-].[Br-]. The molecule has 12 bridgehead atoms. The molecular formula is C44H34Br2N4O2. The lowest BCUT2D eigenvalue weighted by Gasteiger charge is -2.05. The maximum atomic E-state index is 13.5. The molecule has 7 aliphatic heterocycles. The predicted molar refractivity (Wildman–Crippen MR) is 193 cm³/mol. The summed E-state index contributed by atoms with van der Waals surface area (Å²) in [5.41, 5.74) is 11.7. The zero-order valence-corrected chi connectivity index (χ0v) is 31.4. The number of rotatable bonds is 0. The highest BCUT2D eigenvalue weighted by Gasteiger charge is 2.19. The zero-order valence-electron chi connectivity index (χ0n) is 28.2. The van der Waals surface area contributed by atoms with E-state index in [0.29, 0.717) is 48.4 Å². The molecule has 0 radical (unpaired) electrons. The van der Waals surface area contributed by atoms with Gasteiger partial charge in [-0.1, -0.05) is 121 Å². The van der Waals surface area contributed by atoms with Crippen molar-refractivity contribution in [2.75, 3.05) is 0 Å². The first-order chi connectivity index (χ1) is 24.6. The zero-order chi connectivity index (χ0) is 33.6. The smallest absolute Gasteiger partial charge is 0.245 e. The number of benzene rings is 6. The van der Waals surface area contributed by atoms with E-state index in [1.54, 1.807) is 0 Å². The van der Waals surface area contributed by atoms with Gasteiger partial charge in [0.25, 0.3) is 0 Å². The van der Waals surface area contributed by atoms with Gasteiger partial charge in [0.2, 0.25) is 12.7 Å². The van der Waals surface area contributed by atoms with Crippen LogP contribution in [0, 0.1) is 0 Å². The number of carbonyl (C=O) groups is 2. The third kappa shape index (κ3) is 6.67. The Morgan fingerprint density at radius 1 is 0.385 bits per heavy atom. The summed E-state index contributed by atoms with van der Waals surface area (Å²) >= 11 is 0. The Bertz CT molecular complexity index is 2200. The minimum atomic E-state index is 0. The second-order valence-electron chi connectivity index (χ2n) is 13.2. The van der Waals surface area contributed by atoms with Gasteiger partial charge in [0.1, 0.15) is 26.2 Å². The number of fused-ring (bicyclic) bond motifs is 2. The van der Waals surface area contributed by atoms with Crippen LogP contribution in [0.5, 0.6) is 0 Å². The summed E-state index contributed by atoms with van der Waals surface area (Å²) in [4.78, 5) is 27.0. The lowest BCUT2D eigenvalue weighted by molar-refractivity contribution is -0.663. The lowest BCUT2D eigenvalue weighted by atomic mass is 10.0. The van der Waals surface area contributed by atoms with Gasteiger partial charge in [-0.15, -0.1) is 0 Å². The van der Waals surface area contributed by atoms with Crippen molar-refractivity contribution in [2.24, 2.45) is 0 Å². The Hall–Kier alpha value is -5.44. The van der Waals surface area contributed by atoms with E-state index in [0.717, 1.165) is 44.3 Å². The van der Waals surface area contributed by atoms with Gasteiger partial charge in [-0.05, 0) is 46.5 Å². The van der Waals surface area contributed by atoms with E-state index in [2.05, 4.69) is 79.5 Å². The highest BCUT2D eigenvalue weighted by Crippen LogP contribution is 2.20. The molecule has 0 unspecified atom stereocenters. The van der Waals surface area contributed by atoms with Crippen molar-refractivity contribution in [3.8, 4) is 0 Å². The van der Waals surface area contributed by atoms with Crippen molar-refractivity contribution in [3.63, 3.8) is 0 Å². The van der Waals surface area contributed by atoms with Crippen LogP contribution in [0.25, 0.3) is 22.1 Å². The molecule has 6 aromatic carbocycles.